The first-order chi connectivity index (χ1) is 14.8. The summed E-state index contributed by atoms with van der Waals surface area (Å²) >= 11 is 0. The number of carbonyl (C=O) groups is 1. The van der Waals surface area contributed by atoms with Gasteiger partial charge in [-0.2, -0.15) is 18.3 Å². The molecule has 1 N–H and O–H groups in total. The molecule has 0 saturated heterocycles. The molecule has 7 heteroatoms. The van der Waals surface area contributed by atoms with E-state index in [1.165, 1.54) is 16.8 Å². The van der Waals surface area contributed by atoms with Crippen molar-refractivity contribution in [2.45, 2.75) is 13.1 Å². The minimum Gasteiger partial charge on any atom is -0.306 e. The predicted octanol–water partition coefficient (Wildman–Crippen LogP) is 6.12. The summed E-state index contributed by atoms with van der Waals surface area (Å²) in [7, 11) is 0. The molecule has 0 bridgehead atoms. The van der Waals surface area contributed by atoms with Crippen molar-refractivity contribution in [1.29, 1.82) is 0 Å². The van der Waals surface area contributed by atoms with Crippen molar-refractivity contribution in [3.8, 4) is 16.9 Å². The van der Waals surface area contributed by atoms with Crippen LogP contribution >= 0.6 is 0 Å². The smallest absolute Gasteiger partial charge is 0.306 e. The third-order valence-electron chi connectivity index (χ3n) is 4.78. The van der Waals surface area contributed by atoms with Crippen LogP contribution in [0.15, 0.2) is 84.9 Å². The molecule has 0 fully saturated rings. The Labute approximate surface area is 177 Å². The molecule has 0 aliphatic rings. The second kappa shape index (κ2) is 8.10. The summed E-state index contributed by atoms with van der Waals surface area (Å²) in [5.74, 6) is -0.593. The quantitative estimate of drug-likeness (QED) is 0.432. The fraction of sp³-hybridized carbons (Fsp3) is 0.0833. The van der Waals surface area contributed by atoms with Crippen molar-refractivity contribution in [3.05, 3.63) is 102 Å². The van der Waals surface area contributed by atoms with Crippen molar-refractivity contribution >= 4 is 11.7 Å². The van der Waals surface area contributed by atoms with Gasteiger partial charge in [-0.25, -0.2) is 4.68 Å². The highest BCUT2D eigenvalue weighted by atomic mass is 19.4. The van der Waals surface area contributed by atoms with E-state index in [1.54, 1.807) is 18.2 Å². The standard InChI is InChI=1S/C24H18F3N3O/c1-16-11-13-17(14-12-16)21-15-22(30(29-21)18-7-3-2-4-8-18)28-23(31)19-9-5-6-10-20(19)24(25,26)27/h2-15H,1H3,(H,28,31). The summed E-state index contributed by atoms with van der Waals surface area (Å²) in [6.45, 7) is 1.97. The van der Waals surface area contributed by atoms with Gasteiger partial charge in [-0.3, -0.25) is 4.79 Å². The Bertz CT molecular complexity index is 1210. The molecule has 1 amide bonds. The molecule has 3 aromatic carbocycles. The minimum absolute atomic E-state index is 0.267. The summed E-state index contributed by atoms with van der Waals surface area (Å²) in [5.41, 5.74) is 1.73. The molecule has 0 unspecified atom stereocenters. The molecule has 156 valence electrons. The number of hydrogen-bond donors (Lipinski definition) is 1. The van der Waals surface area contributed by atoms with Gasteiger partial charge in [0.25, 0.3) is 5.91 Å². The SMILES string of the molecule is Cc1ccc(-c2cc(NC(=O)c3ccccc3C(F)(F)F)n(-c3ccccc3)n2)cc1. The van der Waals surface area contributed by atoms with Crippen LogP contribution in [0, 0.1) is 6.92 Å². The first kappa shape index (κ1) is 20.4. The third kappa shape index (κ3) is 4.35. The van der Waals surface area contributed by atoms with Crippen LogP contribution in [0.3, 0.4) is 0 Å². The van der Waals surface area contributed by atoms with E-state index in [-0.39, 0.29) is 5.82 Å². The van der Waals surface area contributed by atoms with Gasteiger partial charge in [-0.1, -0.05) is 60.2 Å². The van der Waals surface area contributed by atoms with Crippen molar-refractivity contribution < 1.29 is 18.0 Å². The van der Waals surface area contributed by atoms with Gasteiger partial charge in [-0.15, -0.1) is 0 Å². The van der Waals surface area contributed by atoms with E-state index in [9.17, 15) is 18.0 Å². The lowest BCUT2D eigenvalue weighted by molar-refractivity contribution is -0.137. The monoisotopic (exact) mass is 421 g/mol. The molecule has 0 saturated carbocycles. The Morgan fingerprint density at radius 1 is 0.903 bits per heavy atom. The second-order valence-corrected chi connectivity index (χ2v) is 7.03. The fourth-order valence-corrected chi connectivity index (χ4v) is 3.21. The zero-order chi connectivity index (χ0) is 22.0. The van der Waals surface area contributed by atoms with Crippen LogP contribution in [0.4, 0.5) is 19.0 Å². The normalized spacial score (nSPS) is 11.4. The molecule has 0 radical (unpaired) electrons. The number of alkyl halides is 3. The van der Waals surface area contributed by atoms with Crippen LogP contribution in [0.1, 0.15) is 21.5 Å². The van der Waals surface area contributed by atoms with Gasteiger partial charge in [0.2, 0.25) is 0 Å². The molecular formula is C24H18F3N3O. The molecule has 4 aromatic rings. The highest BCUT2D eigenvalue weighted by Crippen LogP contribution is 2.32. The lowest BCUT2D eigenvalue weighted by Crippen LogP contribution is -2.20. The topological polar surface area (TPSA) is 46.9 Å². The number of carbonyl (C=O) groups excluding carboxylic acids is 1. The summed E-state index contributed by atoms with van der Waals surface area (Å²) in [4.78, 5) is 12.8. The maximum Gasteiger partial charge on any atom is 0.417 e. The van der Waals surface area contributed by atoms with E-state index in [4.69, 9.17) is 0 Å². The van der Waals surface area contributed by atoms with Crippen molar-refractivity contribution in [1.82, 2.24) is 9.78 Å². The summed E-state index contributed by atoms with van der Waals surface area (Å²) in [6.07, 6.45) is -4.64. The Kier molecular flexibility index (Phi) is 5.33. The molecule has 4 nitrogen and oxygen atoms in total. The third-order valence-corrected chi connectivity index (χ3v) is 4.78. The first-order valence-corrected chi connectivity index (χ1v) is 9.53. The highest BCUT2D eigenvalue weighted by molar-refractivity contribution is 6.05. The summed E-state index contributed by atoms with van der Waals surface area (Å²) < 4.78 is 41.6. The van der Waals surface area contributed by atoms with Crippen LogP contribution in [-0.4, -0.2) is 15.7 Å². The average molecular weight is 421 g/mol. The summed E-state index contributed by atoms with van der Waals surface area (Å²) in [5, 5.41) is 7.18. The Morgan fingerprint density at radius 3 is 2.23 bits per heavy atom. The number of hydrogen-bond acceptors (Lipinski definition) is 2. The van der Waals surface area contributed by atoms with Gasteiger partial charge in [0, 0.05) is 11.6 Å². The Balaban J connectivity index is 1.76. The maximum atomic E-state index is 13.4. The molecule has 0 aliphatic heterocycles. The van der Waals surface area contributed by atoms with Gasteiger partial charge >= 0.3 is 6.18 Å². The zero-order valence-corrected chi connectivity index (χ0v) is 16.5. The van der Waals surface area contributed by atoms with E-state index < -0.39 is 23.2 Å². The van der Waals surface area contributed by atoms with E-state index in [0.29, 0.717) is 11.4 Å². The molecule has 31 heavy (non-hydrogen) atoms. The molecule has 1 heterocycles. The second-order valence-electron chi connectivity index (χ2n) is 7.03. The Hall–Kier alpha value is -3.87. The largest absolute Gasteiger partial charge is 0.417 e. The maximum absolute atomic E-state index is 13.4. The number of nitrogens with zero attached hydrogens (tertiary/aromatic N) is 2. The highest BCUT2D eigenvalue weighted by Gasteiger charge is 2.35. The van der Waals surface area contributed by atoms with Gasteiger partial charge in [-0.05, 0) is 31.2 Å². The van der Waals surface area contributed by atoms with Gasteiger partial charge in [0.15, 0.2) is 0 Å². The van der Waals surface area contributed by atoms with Crippen LogP contribution in [0.25, 0.3) is 16.9 Å². The number of aryl methyl sites for hydroxylation is 1. The number of benzene rings is 3. The molecule has 1 aromatic heterocycles. The fourth-order valence-electron chi connectivity index (χ4n) is 3.21. The molecule has 4 rings (SSSR count). The number of rotatable bonds is 4. The van der Waals surface area contributed by atoms with E-state index in [2.05, 4.69) is 10.4 Å². The number of amides is 1. The van der Waals surface area contributed by atoms with Gasteiger partial charge in [0.05, 0.1) is 22.5 Å². The number of aromatic nitrogens is 2. The number of halogens is 3. The summed E-state index contributed by atoms with van der Waals surface area (Å²) in [6, 6.07) is 23.1. The van der Waals surface area contributed by atoms with Crippen LogP contribution in [0.5, 0.6) is 0 Å². The number of nitrogens with one attached hydrogen (secondary N) is 1. The molecule has 0 spiro atoms. The Morgan fingerprint density at radius 2 is 1.55 bits per heavy atom. The van der Waals surface area contributed by atoms with E-state index in [0.717, 1.165) is 23.3 Å². The van der Waals surface area contributed by atoms with Crippen molar-refractivity contribution in [3.63, 3.8) is 0 Å². The molecule has 0 aliphatic carbocycles. The van der Waals surface area contributed by atoms with Gasteiger partial charge in [0.1, 0.15) is 5.82 Å². The van der Waals surface area contributed by atoms with Crippen LogP contribution < -0.4 is 5.32 Å². The van der Waals surface area contributed by atoms with E-state index in [1.807, 2.05) is 49.4 Å². The zero-order valence-electron chi connectivity index (χ0n) is 16.5. The predicted molar refractivity (Wildman–Crippen MR) is 113 cm³/mol. The number of anilines is 1. The van der Waals surface area contributed by atoms with Gasteiger partial charge < -0.3 is 5.32 Å². The lowest BCUT2D eigenvalue weighted by Gasteiger charge is -2.13. The molecular weight excluding hydrogens is 403 g/mol. The minimum atomic E-state index is -4.64. The number of para-hydroxylation sites is 1. The van der Waals surface area contributed by atoms with Crippen LogP contribution in [0.2, 0.25) is 0 Å². The lowest BCUT2D eigenvalue weighted by atomic mass is 10.1. The van der Waals surface area contributed by atoms with Crippen molar-refractivity contribution in [2.24, 2.45) is 0 Å². The first-order valence-electron chi connectivity index (χ1n) is 9.53. The van der Waals surface area contributed by atoms with E-state index >= 15 is 0 Å². The van der Waals surface area contributed by atoms with Crippen molar-refractivity contribution in [2.75, 3.05) is 5.32 Å². The average Bonchev–Trinajstić information content (AvgIpc) is 3.18. The van der Waals surface area contributed by atoms with Crippen LogP contribution in [-0.2, 0) is 6.18 Å². The molecule has 0 atom stereocenters.